The first kappa shape index (κ1) is 18.1. The van der Waals surface area contributed by atoms with Crippen molar-refractivity contribution in [2.75, 3.05) is 6.61 Å². The zero-order valence-corrected chi connectivity index (χ0v) is 14.0. The number of carboxylic acid groups (broad SMARTS) is 1. The predicted molar refractivity (Wildman–Crippen MR) is 87.2 cm³/mol. The Morgan fingerprint density at radius 3 is 2.73 bits per heavy atom. The summed E-state index contributed by atoms with van der Waals surface area (Å²) in [5, 5.41) is 20.1. The summed E-state index contributed by atoms with van der Waals surface area (Å²) in [6, 6.07) is 2.04. The van der Waals surface area contributed by atoms with E-state index in [1.165, 1.54) is 11.0 Å². The van der Waals surface area contributed by atoms with Crippen molar-refractivity contribution >= 4 is 17.6 Å². The molecule has 1 aromatic carbocycles. The summed E-state index contributed by atoms with van der Waals surface area (Å²) in [7, 11) is 0. The first-order chi connectivity index (χ1) is 12.4. The summed E-state index contributed by atoms with van der Waals surface area (Å²) in [5.41, 5.74) is -0.681. The highest BCUT2D eigenvalue weighted by atomic mass is 19.1. The molecule has 140 valence electrons. The van der Waals surface area contributed by atoms with Crippen molar-refractivity contribution in [3.05, 3.63) is 34.1 Å². The third kappa shape index (κ3) is 3.47. The van der Waals surface area contributed by atoms with Gasteiger partial charge in [0.05, 0.1) is 4.92 Å². The van der Waals surface area contributed by atoms with Crippen LogP contribution in [0.1, 0.15) is 32.1 Å². The van der Waals surface area contributed by atoms with Gasteiger partial charge in [-0.1, -0.05) is 12.8 Å². The molecule has 1 saturated heterocycles. The summed E-state index contributed by atoms with van der Waals surface area (Å²) in [4.78, 5) is 35.3. The molecule has 1 amide bonds. The SMILES string of the molecule is O=C(O)C1CC2CCCCC2N1C(=O)COc1ccc([N+](=O)[O-])c(F)c1. The van der Waals surface area contributed by atoms with Crippen LogP contribution in [-0.2, 0) is 9.59 Å². The number of carbonyl (C=O) groups excluding carboxylic acids is 1. The molecule has 0 bridgehead atoms. The molecule has 1 aromatic rings. The Hall–Kier alpha value is -2.71. The lowest BCUT2D eigenvalue weighted by molar-refractivity contribution is -0.387. The molecular weight excluding hydrogens is 347 g/mol. The van der Waals surface area contributed by atoms with E-state index in [2.05, 4.69) is 0 Å². The van der Waals surface area contributed by atoms with E-state index in [4.69, 9.17) is 4.74 Å². The molecule has 0 spiro atoms. The number of benzene rings is 1. The Kier molecular flexibility index (Phi) is 5.06. The number of aliphatic carboxylic acids is 1. The van der Waals surface area contributed by atoms with Gasteiger partial charge in [-0.3, -0.25) is 14.9 Å². The van der Waals surface area contributed by atoms with Crippen LogP contribution in [0.15, 0.2) is 18.2 Å². The number of nitro benzene ring substituents is 1. The Morgan fingerprint density at radius 1 is 1.35 bits per heavy atom. The number of nitrogens with zero attached hydrogens (tertiary/aromatic N) is 2. The number of hydrogen-bond donors (Lipinski definition) is 1. The van der Waals surface area contributed by atoms with Crippen molar-refractivity contribution in [2.24, 2.45) is 5.92 Å². The second-order valence-corrected chi connectivity index (χ2v) is 6.66. The average Bonchev–Trinajstić information content (AvgIpc) is 2.99. The van der Waals surface area contributed by atoms with E-state index in [-0.39, 0.29) is 17.7 Å². The number of carbonyl (C=O) groups is 2. The smallest absolute Gasteiger partial charge is 0.326 e. The average molecular weight is 366 g/mol. The minimum absolute atomic E-state index is 0.0206. The number of amides is 1. The van der Waals surface area contributed by atoms with Gasteiger partial charge in [-0.25, -0.2) is 4.79 Å². The van der Waals surface area contributed by atoms with Gasteiger partial charge < -0.3 is 14.7 Å². The summed E-state index contributed by atoms with van der Waals surface area (Å²) < 4.78 is 18.9. The van der Waals surface area contributed by atoms with Crippen LogP contribution in [0.25, 0.3) is 0 Å². The molecule has 1 N–H and O–H groups in total. The number of nitro groups is 1. The van der Waals surface area contributed by atoms with E-state index in [9.17, 15) is 29.2 Å². The quantitative estimate of drug-likeness (QED) is 0.633. The molecule has 3 atom stereocenters. The van der Waals surface area contributed by atoms with Crippen LogP contribution < -0.4 is 4.74 Å². The summed E-state index contributed by atoms with van der Waals surface area (Å²) in [5.74, 6) is -2.39. The molecule has 8 nitrogen and oxygen atoms in total. The van der Waals surface area contributed by atoms with Crippen LogP contribution >= 0.6 is 0 Å². The Balaban J connectivity index is 1.69. The lowest BCUT2D eigenvalue weighted by Gasteiger charge is -2.32. The van der Waals surface area contributed by atoms with Gasteiger partial charge >= 0.3 is 11.7 Å². The van der Waals surface area contributed by atoms with Crippen molar-refractivity contribution < 1.29 is 28.7 Å². The van der Waals surface area contributed by atoms with Crippen LogP contribution in [0.3, 0.4) is 0 Å². The van der Waals surface area contributed by atoms with E-state index in [1.807, 2.05) is 0 Å². The highest BCUT2D eigenvalue weighted by Crippen LogP contribution is 2.39. The van der Waals surface area contributed by atoms with Gasteiger partial charge in [0.2, 0.25) is 5.82 Å². The molecule has 1 aliphatic heterocycles. The number of carboxylic acids is 1. The van der Waals surface area contributed by atoms with Crippen molar-refractivity contribution in [3.8, 4) is 5.75 Å². The lowest BCUT2D eigenvalue weighted by Crippen LogP contribution is -2.48. The van der Waals surface area contributed by atoms with Gasteiger partial charge in [-0.15, -0.1) is 0 Å². The topological polar surface area (TPSA) is 110 Å². The second kappa shape index (κ2) is 7.27. The van der Waals surface area contributed by atoms with Crippen LogP contribution in [0.2, 0.25) is 0 Å². The Bertz CT molecular complexity index is 740. The fourth-order valence-corrected chi connectivity index (χ4v) is 3.98. The number of fused-ring (bicyclic) bond motifs is 1. The van der Waals surface area contributed by atoms with Crippen molar-refractivity contribution in [1.29, 1.82) is 0 Å². The standard InChI is InChI=1S/C17H19FN2O6/c18-12-8-11(5-6-14(12)20(24)25)26-9-16(21)19-13-4-2-1-3-10(13)7-15(19)17(22)23/h5-6,8,10,13,15H,1-4,7,9H2,(H,22,23). The minimum Gasteiger partial charge on any atom is -0.484 e. The zero-order chi connectivity index (χ0) is 18.8. The maximum absolute atomic E-state index is 13.6. The lowest BCUT2D eigenvalue weighted by atomic mass is 9.85. The van der Waals surface area contributed by atoms with Crippen molar-refractivity contribution in [1.82, 2.24) is 4.90 Å². The number of halogens is 1. The Labute approximate surface area is 148 Å². The third-order valence-electron chi connectivity index (χ3n) is 5.14. The highest BCUT2D eigenvalue weighted by molar-refractivity contribution is 5.85. The number of ether oxygens (including phenoxy) is 1. The van der Waals surface area contributed by atoms with E-state index < -0.39 is 41.0 Å². The maximum atomic E-state index is 13.6. The predicted octanol–water partition coefficient (Wildman–Crippen LogP) is 2.36. The van der Waals surface area contributed by atoms with Crippen LogP contribution in [0.4, 0.5) is 10.1 Å². The maximum Gasteiger partial charge on any atom is 0.326 e. The molecular formula is C17H19FN2O6. The van der Waals surface area contributed by atoms with Gasteiger partial charge in [0.15, 0.2) is 6.61 Å². The van der Waals surface area contributed by atoms with Crippen molar-refractivity contribution in [3.63, 3.8) is 0 Å². The van der Waals surface area contributed by atoms with Gasteiger partial charge in [0.25, 0.3) is 5.91 Å². The number of hydrogen-bond acceptors (Lipinski definition) is 5. The van der Waals surface area contributed by atoms with Gasteiger partial charge in [0, 0.05) is 18.2 Å². The largest absolute Gasteiger partial charge is 0.484 e. The van der Waals surface area contributed by atoms with E-state index in [1.54, 1.807) is 0 Å². The van der Waals surface area contributed by atoms with E-state index in [0.717, 1.165) is 37.8 Å². The summed E-state index contributed by atoms with van der Waals surface area (Å²) >= 11 is 0. The molecule has 26 heavy (non-hydrogen) atoms. The summed E-state index contributed by atoms with van der Waals surface area (Å²) in [6.07, 6.45) is 4.11. The molecule has 1 heterocycles. The minimum atomic E-state index is -1.06. The molecule has 2 fully saturated rings. The van der Waals surface area contributed by atoms with Crippen LogP contribution in [-0.4, -0.2) is 45.5 Å². The molecule has 9 heteroatoms. The van der Waals surface area contributed by atoms with Gasteiger partial charge in [-0.05, 0) is 31.2 Å². The molecule has 2 aliphatic rings. The first-order valence-electron chi connectivity index (χ1n) is 8.49. The van der Waals surface area contributed by atoms with E-state index >= 15 is 0 Å². The third-order valence-corrected chi connectivity index (χ3v) is 5.14. The highest BCUT2D eigenvalue weighted by Gasteiger charge is 2.47. The molecule has 1 aliphatic carbocycles. The van der Waals surface area contributed by atoms with Crippen LogP contribution in [0, 0.1) is 21.8 Å². The zero-order valence-electron chi connectivity index (χ0n) is 14.0. The molecule has 3 rings (SSSR count). The van der Waals surface area contributed by atoms with Crippen LogP contribution in [0.5, 0.6) is 5.75 Å². The number of likely N-dealkylation sites (tertiary alicyclic amines) is 1. The van der Waals surface area contributed by atoms with Gasteiger partial charge in [-0.2, -0.15) is 4.39 Å². The normalized spacial score (nSPS) is 24.8. The fourth-order valence-electron chi connectivity index (χ4n) is 3.98. The fraction of sp³-hybridized carbons (Fsp3) is 0.529. The second-order valence-electron chi connectivity index (χ2n) is 6.66. The molecule has 0 radical (unpaired) electrons. The monoisotopic (exact) mass is 366 g/mol. The van der Waals surface area contributed by atoms with E-state index in [0.29, 0.717) is 6.42 Å². The van der Waals surface area contributed by atoms with Gasteiger partial charge in [0.1, 0.15) is 11.8 Å². The molecule has 0 aromatic heterocycles. The first-order valence-corrected chi connectivity index (χ1v) is 8.49. The Morgan fingerprint density at radius 2 is 2.08 bits per heavy atom. The molecule has 3 unspecified atom stereocenters. The van der Waals surface area contributed by atoms with Crippen molar-refractivity contribution in [2.45, 2.75) is 44.2 Å². The number of rotatable bonds is 5. The summed E-state index contributed by atoms with van der Waals surface area (Å²) in [6.45, 7) is -0.440. The molecule has 1 saturated carbocycles.